The van der Waals surface area contributed by atoms with Gasteiger partial charge < -0.3 is 18.9 Å². The van der Waals surface area contributed by atoms with Gasteiger partial charge in [0.05, 0.1) is 26.4 Å². The molecule has 5 aromatic rings. The summed E-state index contributed by atoms with van der Waals surface area (Å²) in [5.41, 5.74) is 8.17. The minimum absolute atomic E-state index is 0.607. The van der Waals surface area contributed by atoms with Gasteiger partial charge in [-0.1, -0.05) is 169 Å². The Labute approximate surface area is 347 Å². The molecule has 0 aliphatic heterocycles. The fourth-order valence-electron chi connectivity index (χ4n) is 5.75. The number of hydrogen-bond donors (Lipinski definition) is 0. The van der Waals surface area contributed by atoms with E-state index >= 15 is 0 Å². The Bertz CT molecular complexity index is 1840. The molecule has 0 radical (unpaired) electrons. The third kappa shape index (κ3) is 18.0. The molecule has 0 bridgehead atoms. The average Bonchev–Trinajstić information content (AvgIpc) is 3.27. The summed E-state index contributed by atoms with van der Waals surface area (Å²) < 4.78 is 23.6. The van der Waals surface area contributed by atoms with E-state index in [2.05, 4.69) is 108 Å². The first-order valence-electron chi connectivity index (χ1n) is 20.4. The van der Waals surface area contributed by atoms with Crippen molar-refractivity contribution in [2.75, 3.05) is 26.4 Å². The molecule has 0 N–H and O–H groups in total. The van der Waals surface area contributed by atoms with Gasteiger partial charge in [-0.05, 0) is 60.1 Å². The lowest BCUT2D eigenvalue weighted by atomic mass is 9.98. The Morgan fingerprint density at radius 1 is 0.293 bits per heavy atom. The van der Waals surface area contributed by atoms with Crippen LogP contribution in [0, 0.1) is 47.4 Å². The zero-order chi connectivity index (χ0) is 40.0. The Hall–Kier alpha value is -5.82. The minimum atomic E-state index is 0.607. The molecular weight excluding hydrogens is 713 g/mol. The van der Waals surface area contributed by atoms with E-state index in [0.717, 1.165) is 73.6 Å². The second-order valence-corrected chi connectivity index (χ2v) is 13.7. The Balaban J connectivity index is 1.24. The van der Waals surface area contributed by atoms with E-state index < -0.39 is 0 Å². The topological polar surface area (TPSA) is 36.9 Å². The van der Waals surface area contributed by atoms with Crippen molar-refractivity contribution in [2.24, 2.45) is 0 Å². The highest BCUT2D eigenvalue weighted by atomic mass is 16.5. The van der Waals surface area contributed by atoms with E-state index in [0.29, 0.717) is 52.9 Å². The maximum Gasteiger partial charge on any atom is 0.0716 e. The smallest absolute Gasteiger partial charge is 0.0716 e. The quantitative estimate of drug-likeness (QED) is 0.0584. The maximum atomic E-state index is 5.89. The molecule has 58 heavy (non-hydrogen) atoms. The van der Waals surface area contributed by atoms with Crippen molar-refractivity contribution in [3.63, 3.8) is 0 Å². The van der Waals surface area contributed by atoms with E-state index in [4.69, 9.17) is 18.9 Å². The predicted molar refractivity (Wildman–Crippen MR) is 235 cm³/mol. The van der Waals surface area contributed by atoms with Crippen molar-refractivity contribution in [2.45, 2.75) is 77.8 Å². The summed E-state index contributed by atoms with van der Waals surface area (Å²) >= 11 is 0. The standard InChI is InChI=1S/C54H54O4/c1-9-25-47(26-10-1)43-55-37-21-5-17-33-51-41-53(35-19-7-23-39-57-45-49-29-13-3-14-30-49)54(36-20-8-24-40-58-46-50-31-15-4-16-32-50)42-52(51)34-18-6-22-38-56-44-48-27-11-2-12-28-48/h1-4,9-16,25-32,41-42H,5-8,21-24,37-40,43-46H2. The molecule has 4 nitrogen and oxygen atoms in total. The Morgan fingerprint density at radius 2 is 0.517 bits per heavy atom. The number of unbranched alkanes of at least 4 members (excludes halogenated alkanes) is 4. The normalized spacial score (nSPS) is 10.2. The number of rotatable bonds is 20. The number of hydrogen-bond acceptors (Lipinski definition) is 4. The molecule has 294 valence electrons. The lowest BCUT2D eigenvalue weighted by Crippen LogP contribution is -1.96. The maximum absolute atomic E-state index is 5.89. The summed E-state index contributed by atoms with van der Waals surface area (Å²) in [6, 6.07) is 45.1. The van der Waals surface area contributed by atoms with Gasteiger partial charge in [0.15, 0.2) is 0 Å². The summed E-state index contributed by atoms with van der Waals surface area (Å²) in [6.07, 6.45) is 6.28. The van der Waals surface area contributed by atoms with Crippen molar-refractivity contribution in [3.8, 4) is 47.4 Å². The van der Waals surface area contributed by atoms with Gasteiger partial charge in [0.25, 0.3) is 0 Å². The molecule has 0 amide bonds. The van der Waals surface area contributed by atoms with Crippen LogP contribution in [-0.4, -0.2) is 26.4 Å². The predicted octanol–water partition coefficient (Wildman–Crippen LogP) is 11.1. The van der Waals surface area contributed by atoms with Crippen LogP contribution in [0.25, 0.3) is 0 Å². The molecule has 4 heteroatoms. The van der Waals surface area contributed by atoms with E-state index in [9.17, 15) is 0 Å². The molecule has 0 atom stereocenters. The highest BCUT2D eigenvalue weighted by molar-refractivity contribution is 5.61. The van der Waals surface area contributed by atoms with Crippen LogP contribution in [0.2, 0.25) is 0 Å². The highest BCUT2D eigenvalue weighted by Gasteiger charge is 2.06. The molecule has 0 saturated heterocycles. The van der Waals surface area contributed by atoms with Gasteiger partial charge >= 0.3 is 0 Å². The first-order valence-corrected chi connectivity index (χ1v) is 20.4. The summed E-state index contributed by atoms with van der Waals surface area (Å²) in [7, 11) is 0. The van der Waals surface area contributed by atoms with E-state index in [1.165, 1.54) is 22.3 Å². The minimum Gasteiger partial charge on any atom is -0.377 e. The van der Waals surface area contributed by atoms with Gasteiger partial charge in [0.1, 0.15) is 0 Å². The molecule has 0 spiro atoms. The first-order chi connectivity index (χ1) is 28.8. The van der Waals surface area contributed by atoms with Gasteiger partial charge in [-0.25, -0.2) is 0 Å². The molecule has 0 fully saturated rings. The second kappa shape index (κ2) is 27.7. The van der Waals surface area contributed by atoms with Gasteiger partial charge in [-0.15, -0.1) is 0 Å². The summed E-state index contributed by atoms with van der Waals surface area (Å²) in [6.45, 7) is 5.04. The van der Waals surface area contributed by atoms with E-state index in [-0.39, 0.29) is 0 Å². The SMILES string of the molecule is C(#Cc1cc(C#CCCCOCc2ccccc2)c(C#CCCCOCc2ccccc2)cc1C#CCCCOCc1ccccc1)CCCOCc1ccccc1. The molecule has 5 rings (SSSR count). The highest BCUT2D eigenvalue weighted by Crippen LogP contribution is 2.17. The molecule has 0 aromatic heterocycles. The van der Waals surface area contributed by atoms with Crippen LogP contribution in [0.1, 0.15) is 95.9 Å². The third-order valence-corrected chi connectivity index (χ3v) is 8.86. The van der Waals surface area contributed by atoms with Crippen LogP contribution in [0.15, 0.2) is 133 Å². The molecule has 0 heterocycles. The van der Waals surface area contributed by atoms with Gasteiger partial charge in [0, 0.05) is 74.4 Å². The van der Waals surface area contributed by atoms with Crippen LogP contribution >= 0.6 is 0 Å². The first kappa shape index (κ1) is 43.3. The van der Waals surface area contributed by atoms with Crippen LogP contribution < -0.4 is 0 Å². The van der Waals surface area contributed by atoms with Crippen molar-refractivity contribution < 1.29 is 18.9 Å². The van der Waals surface area contributed by atoms with Crippen LogP contribution in [-0.2, 0) is 45.4 Å². The zero-order valence-corrected chi connectivity index (χ0v) is 33.6. The van der Waals surface area contributed by atoms with Crippen LogP contribution in [0.3, 0.4) is 0 Å². The second-order valence-electron chi connectivity index (χ2n) is 13.7. The lowest BCUT2D eigenvalue weighted by Gasteiger charge is -2.05. The van der Waals surface area contributed by atoms with Crippen molar-refractivity contribution in [1.29, 1.82) is 0 Å². The number of benzene rings is 5. The van der Waals surface area contributed by atoms with Gasteiger partial charge in [-0.3, -0.25) is 0 Å². The fourth-order valence-corrected chi connectivity index (χ4v) is 5.75. The summed E-state index contributed by atoms with van der Waals surface area (Å²) in [5.74, 6) is 27.2. The van der Waals surface area contributed by atoms with Crippen molar-refractivity contribution in [1.82, 2.24) is 0 Å². The van der Waals surface area contributed by atoms with Crippen molar-refractivity contribution >= 4 is 0 Å². The van der Waals surface area contributed by atoms with E-state index in [1.54, 1.807) is 0 Å². The zero-order valence-electron chi connectivity index (χ0n) is 33.6. The van der Waals surface area contributed by atoms with Gasteiger partial charge in [0.2, 0.25) is 0 Å². The lowest BCUT2D eigenvalue weighted by molar-refractivity contribution is 0.119. The molecule has 0 aliphatic rings. The molecule has 5 aromatic carbocycles. The van der Waals surface area contributed by atoms with Gasteiger partial charge in [-0.2, -0.15) is 0 Å². The van der Waals surface area contributed by atoms with Crippen LogP contribution in [0.4, 0.5) is 0 Å². The Kier molecular flexibility index (Phi) is 20.7. The van der Waals surface area contributed by atoms with E-state index in [1.807, 2.05) is 72.8 Å². The molecule has 0 unspecified atom stereocenters. The molecule has 0 aliphatic carbocycles. The average molecular weight is 767 g/mol. The largest absolute Gasteiger partial charge is 0.377 e. The molecule has 0 saturated carbocycles. The Morgan fingerprint density at radius 3 is 0.741 bits per heavy atom. The summed E-state index contributed by atoms with van der Waals surface area (Å²) in [5, 5.41) is 0. The summed E-state index contributed by atoms with van der Waals surface area (Å²) in [4.78, 5) is 0. The monoisotopic (exact) mass is 766 g/mol. The third-order valence-electron chi connectivity index (χ3n) is 8.86. The fraction of sp³-hybridized carbons (Fsp3) is 0.296. The molecular formula is C54H54O4. The van der Waals surface area contributed by atoms with Crippen LogP contribution in [0.5, 0.6) is 0 Å². The van der Waals surface area contributed by atoms with Crippen molar-refractivity contribution in [3.05, 3.63) is 178 Å². The number of ether oxygens (including phenoxy) is 4.